The van der Waals surface area contributed by atoms with Crippen LogP contribution in [0.25, 0.3) is 0 Å². The van der Waals surface area contributed by atoms with Crippen molar-refractivity contribution in [2.45, 2.75) is 44.6 Å². The Bertz CT molecular complexity index is 636. The molecule has 134 valence electrons. The monoisotopic (exact) mass is 357 g/mol. The van der Waals surface area contributed by atoms with Crippen molar-refractivity contribution in [3.05, 3.63) is 34.6 Å². The van der Waals surface area contributed by atoms with E-state index in [1.165, 1.54) is 0 Å². The van der Waals surface area contributed by atoms with Gasteiger partial charge in [0.2, 0.25) is 0 Å². The lowest BCUT2D eigenvalue weighted by Crippen LogP contribution is -2.38. The third kappa shape index (κ3) is 3.81. The van der Waals surface area contributed by atoms with Gasteiger partial charge in [-0.15, -0.1) is 0 Å². The van der Waals surface area contributed by atoms with Gasteiger partial charge in [0.05, 0.1) is 16.7 Å². The molecule has 1 aliphatic carbocycles. The molecule has 1 saturated carbocycles. The summed E-state index contributed by atoms with van der Waals surface area (Å²) in [4.78, 5) is 12.1. The molecule has 2 rings (SSSR count). The van der Waals surface area contributed by atoms with Crippen LogP contribution < -0.4 is 5.32 Å². The van der Waals surface area contributed by atoms with Gasteiger partial charge in [-0.3, -0.25) is 4.79 Å². The number of hydrogen-bond donors (Lipinski definition) is 1. The van der Waals surface area contributed by atoms with Gasteiger partial charge in [0.1, 0.15) is 5.82 Å². The maximum absolute atomic E-state index is 13.9. The van der Waals surface area contributed by atoms with E-state index in [0.717, 1.165) is 12.8 Å². The molecule has 1 aromatic carbocycles. The van der Waals surface area contributed by atoms with Crippen LogP contribution in [0.15, 0.2) is 12.1 Å². The zero-order valence-electron chi connectivity index (χ0n) is 12.5. The number of nitrogens with one attached hydrogen (secondary N) is 1. The lowest BCUT2D eigenvalue weighted by Gasteiger charge is -2.20. The Kier molecular flexibility index (Phi) is 4.83. The summed E-state index contributed by atoms with van der Waals surface area (Å²) < 4.78 is 90.9. The van der Waals surface area contributed by atoms with E-state index in [1.807, 2.05) is 0 Å². The molecule has 9 heteroatoms. The summed E-state index contributed by atoms with van der Waals surface area (Å²) in [6.45, 7) is 1.78. The van der Waals surface area contributed by atoms with E-state index in [4.69, 9.17) is 0 Å². The van der Waals surface area contributed by atoms with Gasteiger partial charge in [-0.25, -0.2) is 4.39 Å². The first-order valence-electron chi connectivity index (χ1n) is 7.20. The van der Waals surface area contributed by atoms with Crippen LogP contribution in [-0.4, -0.2) is 11.9 Å². The highest BCUT2D eigenvalue weighted by molar-refractivity contribution is 5.96. The summed E-state index contributed by atoms with van der Waals surface area (Å²) >= 11 is 0. The third-order valence-corrected chi connectivity index (χ3v) is 4.13. The number of amides is 1. The van der Waals surface area contributed by atoms with Crippen molar-refractivity contribution in [3.63, 3.8) is 0 Å². The summed E-state index contributed by atoms with van der Waals surface area (Å²) in [5.41, 5.74) is -5.13. The summed E-state index contributed by atoms with van der Waals surface area (Å²) in [6.07, 6.45) is -8.41. The minimum atomic E-state index is -5.30. The molecular weight excluding hydrogens is 343 g/mol. The molecule has 1 aliphatic rings. The van der Waals surface area contributed by atoms with Crippen molar-refractivity contribution in [1.82, 2.24) is 5.32 Å². The maximum atomic E-state index is 13.9. The van der Waals surface area contributed by atoms with Crippen molar-refractivity contribution in [2.24, 2.45) is 5.92 Å². The minimum absolute atomic E-state index is 0.000737. The maximum Gasteiger partial charge on any atom is 0.417 e. The predicted octanol–water partition coefficient (Wildman–Crippen LogP) is 4.78. The van der Waals surface area contributed by atoms with Crippen LogP contribution in [0.4, 0.5) is 30.7 Å². The Balaban J connectivity index is 2.46. The molecule has 1 aromatic rings. The smallest absolute Gasteiger partial charge is 0.349 e. The topological polar surface area (TPSA) is 29.1 Å². The fourth-order valence-corrected chi connectivity index (χ4v) is 2.83. The standard InChI is InChI=1S/C15H14F7NO/c1-7-3-2-4-11(7)23-13(24)12-9(15(20,21)22)5-8(6-10(12)16)14(17,18)19/h5-7,11H,2-4H2,1H3,(H,23,24)/t7-,11?/m1/s1. The number of carbonyl (C=O) groups excluding carboxylic acids is 1. The van der Waals surface area contributed by atoms with Gasteiger partial charge in [-0.05, 0) is 30.9 Å². The molecular formula is C15H14F7NO. The summed E-state index contributed by atoms with van der Waals surface area (Å²) in [6, 6.07) is -0.765. The fraction of sp³-hybridized carbons (Fsp3) is 0.533. The predicted molar refractivity (Wildman–Crippen MR) is 70.7 cm³/mol. The normalized spacial score (nSPS) is 21.8. The molecule has 1 N–H and O–H groups in total. The molecule has 2 nitrogen and oxygen atoms in total. The quantitative estimate of drug-likeness (QED) is 0.758. The van der Waals surface area contributed by atoms with Crippen LogP contribution in [0, 0.1) is 11.7 Å². The SMILES string of the molecule is C[C@@H]1CCCC1NC(=O)c1c(F)cc(C(F)(F)F)cc1C(F)(F)F. The molecule has 0 heterocycles. The average molecular weight is 357 g/mol. The van der Waals surface area contributed by atoms with Gasteiger partial charge in [0.15, 0.2) is 0 Å². The second-order valence-electron chi connectivity index (χ2n) is 5.86. The molecule has 1 fully saturated rings. The number of halogens is 7. The molecule has 0 radical (unpaired) electrons. The van der Waals surface area contributed by atoms with Crippen LogP contribution in [-0.2, 0) is 12.4 Å². The van der Waals surface area contributed by atoms with Gasteiger partial charge < -0.3 is 5.32 Å². The van der Waals surface area contributed by atoms with E-state index >= 15 is 0 Å². The van der Waals surface area contributed by atoms with E-state index in [9.17, 15) is 35.5 Å². The van der Waals surface area contributed by atoms with Crippen molar-refractivity contribution >= 4 is 5.91 Å². The van der Waals surface area contributed by atoms with Gasteiger partial charge in [0, 0.05) is 6.04 Å². The van der Waals surface area contributed by atoms with Crippen molar-refractivity contribution in [3.8, 4) is 0 Å². The highest BCUT2D eigenvalue weighted by Gasteiger charge is 2.42. The Morgan fingerprint density at radius 3 is 2.17 bits per heavy atom. The van der Waals surface area contributed by atoms with Crippen molar-refractivity contribution in [1.29, 1.82) is 0 Å². The van der Waals surface area contributed by atoms with Gasteiger partial charge >= 0.3 is 12.4 Å². The first-order chi connectivity index (χ1) is 10.9. The second kappa shape index (κ2) is 6.25. The largest absolute Gasteiger partial charge is 0.417 e. The molecule has 0 spiro atoms. The summed E-state index contributed by atoms with van der Waals surface area (Å²) in [7, 11) is 0. The Hall–Kier alpha value is -1.80. The van der Waals surface area contributed by atoms with Crippen molar-refractivity contribution in [2.75, 3.05) is 0 Å². The first kappa shape index (κ1) is 18.5. The number of rotatable bonds is 2. The van der Waals surface area contributed by atoms with Crippen LogP contribution in [0.1, 0.15) is 47.7 Å². The third-order valence-electron chi connectivity index (χ3n) is 4.13. The summed E-state index contributed by atoms with van der Waals surface area (Å²) in [5.74, 6) is -3.20. The van der Waals surface area contributed by atoms with E-state index in [0.29, 0.717) is 6.42 Å². The van der Waals surface area contributed by atoms with Crippen LogP contribution in [0.3, 0.4) is 0 Å². The number of benzene rings is 1. The fourth-order valence-electron chi connectivity index (χ4n) is 2.83. The van der Waals surface area contributed by atoms with Crippen molar-refractivity contribution < 1.29 is 35.5 Å². The number of hydrogen-bond acceptors (Lipinski definition) is 1. The van der Waals surface area contributed by atoms with E-state index in [1.54, 1.807) is 6.92 Å². The van der Waals surface area contributed by atoms with E-state index < -0.39 is 46.8 Å². The first-order valence-corrected chi connectivity index (χ1v) is 7.20. The molecule has 2 atom stereocenters. The van der Waals surface area contributed by atoms with Gasteiger partial charge in [0.25, 0.3) is 5.91 Å². The van der Waals surface area contributed by atoms with E-state index in [2.05, 4.69) is 5.32 Å². The second-order valence-corrected chi connectivity index (χ2v) is 5.86. The van der Waals surface area contributed by atoms with Gasteiger partial charge in [-0.2, -0.15) is 26.3 Å². The Morgan fingerprint density at radius 1 is 1.08 bits per heavy atom. The van der Waals surface area contributed by atoms with E-state index in [-0.39, 0.29) is 18.1 Å². The lowest BCUT2D eigenvalue weighted by molar-refractivity contribution is -0.143. The summed E-state index contributed by atoms with van der Waals surface area (Å²) in [5, 5.41) is 2.30. The molecule has 24 heavy (non-hydrogen) atoms. The molecule has 0 aromatic heterocycles. The number of alkyl halides is 6. The number of carbonyl (C=O) groups is 1. The van der Waals surface area contributed by atoms with Crippen LogP contribution in [0.5, 0.6) is 0 Å². The highest BCUT2D eigenvalue weighted by atomic mass is 19.4. The zero-order valence-corrected chi connectivity index (χ0v) is 12.5. The molecule has 0 saturated heterocycles. The Morgan fingerprint density at radius 2 is 1.71 bits per heavy atom. The average Bonchev–Trinajstić information content (AvgIpc) is 2.81. The Labute approximate surface area is 133 Å². The molecule has 1 unspecified atom stereocenters. The lowest BCUT2D eigenvalue weighted by atomic mass is 10.00. The molecule has 0 aliphatic heterocycles. The highest BCUT2D eigenvalue weighted by Crippen LogP contribution is 2.38. The van der Waals surface area contributed by atoms with Gasteiger partial charge in [-0.1, -0.05) is 13.3 Å². The van der Waals surface area contributed by atoms with Crippen LogP contribution >= 0.6 is 0 Å². The minimum Gasteiger partial charge on any atom is -0.349 e. The zero-order chi connectivity index (χ0) is 18.3. The van der Waals surface area contributed by atoms with Crippen LogP contribution in [0.2, 0.25) is 0 Å². The molecule has 0 bridgehead atoms. The molecule has 1 amide bonds.